The number of hydrogen-bond donors (Lipinski definition) is 1. The van der Waals surface area contributed by atoms with E-state index in [0.29, 0.717) is 0 Å². The summed E-state index contributed by atoms with van der Waals surface area (Å²) < 4.78 is 12.9. The van der Waals surface area contributed by atoms with Crippen LogP contribution in [0.1, 0.15) is 23.9 Å². The number of aromatic nitrogens is 1. The van der Waals surface area contributed by atoms with Crippen molar-refractivity contribution in [3.63, 3.8) is 0 Å². The van der Waals surface area contributed by atoms with Gasteiger partial charge in [0.25, 0.3) is 0 Å². The largest absolute Gasteiger partial charge is 0.328 e. The van der Waals surface area contributed by atoms with Gasteiger partial charge in [-0.15, -0.1) is 11.3 Å². The average molecular weight is 264 g/mol. The van der Waals surface area contributed by atoms with Gasteiger partial charge in [-0.3, -0.25) is 0 Å². The van der Waals surface area contributed by atoms with E-state index in [2.05, 4.69) is 4.98 Å². The van der Waals surface area contributed by atoms with Crippen LogP contribution in [0.4, 0.5) is 4.39 Å². The van der Waals surface area contributed by atoms with Gasteiger partial charge in [-0.2, -0.15) is 0 Å². The fourth-order valence-corrected chi connectivity index (χ4v) is 2.82. The number of nitrogens with zero attached hydrogens (tertiary/aromatic N) is 1. The summed E-state index contributed by atoms with van der Waals surface area (Å²) in [5, 5.41) is 0.951. The molecule has 1 atom stereocenters. The van der Waals surface area contributed by atoms with Gasteiger partial charge in [-0.1, -0.05) is 0 Å². The van der Waals surface area contributed by atoms with E-state index < -0.39 is 0 Å². The third-order valence-electron chi connectivity index (χ3n) is 2.81. The number of benzene rings is 1. The molecule has 4 heteroatoms. The molecule has 0 bridgehead atoms. The van der Waals surface area contributed by atoms with Crippen LogP contribution in [0.5, 0.6) is 0 Å². The van der Waals surface area contributed by atoms with Gasteiger partial charge in [0.1, 0.15) is 10.8 Å². The second-order valence-electron chi connectivity index (χ2n) is 4.55. The van der Waals surface area contributed by atoms with Crippen molar-refractivity contribution in [2.75, 3.05) is 0 Å². The summed E-state index contributed by atoms with van der Waals surface area (Å²) in [7, 11) is 0. The van der Waals surface area contributed by atoms with Crippen LogP contribution >= 0.6 is 11.3 Å². The van der Waals surface area contributed by atoms with E-state index in [1.807, 2.05) is 13.8 Å². The van der Waals surface area contributed by atoms with Crippen molar-refractivity contribution in [2.24, 2.45) is 5.73 Å². The van der Waals surface area contributed by atoms with Crippen molar-refractivity contribution in [3.8, 4) is 10.6 Å². The fraction of sp³-hybridized carbons (Fsp3) is 0.357. The lowest BCUT2D eigenvalue weighted by Crippen LogP contribution is -2.15. The van der Waals surface area contributed by atoms with E-state index in [-0.39, 0.29) is 11.9 Å². The smallest absolute Gasteiger partial charge is 0.123 e. The molecule has 0 amide bonds. The number of hydrogen-bond acceptors (Lipinski definition) is 3. The Balaban J connectivity index is 2.20. The maximum atomic E-state index is 12.9. The van der Waals surface area contributed by atoms with Crippen LogP contribution in [0.3, 0.4) is 0 Å². The first kappa shape index (κ1) is 13.2. The highest BCUT2D eigenvalue weighted by Crippen LogP contribution is 2.28. The molecular weight excluding hydrogens is 247 g/mol. The highest BCUT2D eigenvalue weighted by atomic mass is 32.1. The Morgan fingerprint density at radius 2 is 2.00 bits per heavy atom. The number of nitrogens with two attached hydrogens (primary N) is 1. The van der Waals surface area contributed by atoms with Gasteiger partial charge >= 0.3 is 0 Å². The topological polar surface area (TPSA) is 38.9 Å². The Kier molecular flexibility index (Phi) is 4.09. The molecule has 2 N–H and O–H groups in total. The van der Waals surface area contributed by atoms with E-state index >= 15 is 0 Å². The average Bonchev–Trinajstić information content (AvgIpc) is 2.69. The molecule has 96 valence electrons. The third kappa shape index (κ3) is 3.15. The number of halogens is 1. The van der Waals surface area contributed by atoms with Gasteiger partial charge in [0.05, 0.1) is 5.69 Å². The molecule has 0 aliphatic rings. The molecule has 1 aromatic carbocycles. The molecule has 0 aliphatic heterocycles. The van der Waals surface area contributed by atoms with Gasteiger partial charge in [-0.25, -0.2) is 9.37 Å². The van der Waals surface area contributed by atoms with Crippen LogP contribution in [0.2, 0.25) is 0 Å². The second kappa shape index (κ2) is 5.59. The first-order chi connectivity index (χ1) is 8.56. The third-order valence-corrected chi connectivity index (χ3v) is 4.08. The van der Waals surface area contributed by atoms with Crippen LogP contribution in [0.25, 0.3) is 10.6 Å². The minimum absolute atomic E-state index is 0.209. The van der Waals surface area contributed by atoms with E-state index in [1.165, 1.54) is 17.0 Å². The fourth-order valence-electron chi connectivity index (χ4n) is 1.73. The van der Waals surface area contributed by atoms with E-state index in [4.69, 9.17) is 5.73 Å². The van der Waals surface area contributed by atoms with Gasteiger partial charge in [-0.05, 0) is 51.0 Å². The first-order valence-electron chi connectivity index (χ1n) is 6.04. The molecular formula is C14H17FN2S. The molecule has 1 heterocycles. The monoisotopic (exact) mass is 264 g/mol. The summed E-state index contributed by atoms with van der Waals surface area (Å²) in [5.41, 5.74) is 7.79. The van der Waals surface area contributed by atoms with Crippen molar-refractivity contribution in [1.82, 2.24) is 4.98 Å². The van der Waals surface area contributed by atoms with Crippen molar-refractivity contribution in [2.45, 2.75) is 32.7 Å². The zero-order valence-corrected chi connectivity index (χ0v) is 11.4. The Bertz CT molecular complexity index is 517. The number of rotatable bonds is 4. The maximum absolute atomic E-state index is 12.9. The van der Waals surface area contributed by atoms with Gasteiger partial charge in [0.15, 0.2) is 0 Å². The zero-order chi connectivity index (χ0) is 13.1. The van der Waals surface area contributed by atoms with Crippen molar-refractivity contribution < 1.29 is 4.39 Å². The van der Waals surface area contributed by atoms with Crippen LogP contribution in [-0.2, 0) is 6.42 Å². The highest BCUT2D eigenvalue weighted by molar-refractivity contribution is 7.15. The van der Waals surface area contributed by atoms with Crippen molar-refractivity contribution >= 4 is 11.3 Å². The summed E-state index contributed by atoms with van der Waals surface area (Å²) in [6.45, 7) is 4.03. The molecule has 0 saturated carbocycles. The molecule has 2 rings (SSSR count). The van der Waals surface area contributed by atoms with Crippen LogP contribution in [-0.4, -0.2) is 11.0 Å². The molecule has 18 heavy (non-hydrogen) atoms. The summed E-state index contributed by atoms with van der Waals surface area (Å²) in [6.07, 6.45) is 1.92. The SMILES string of the molecule is Cc1nc(-c2ccc(F)cc2)sc1CCC(C)N. The van der Waals surface area contributed by atoms with E-state index in [9.17, 15) is 4.39 Å². The van der Waals surface area contributed by atoms with Gasteiger partial charge < -0.3 is 5.73 Å². The summed E-state index contributed by atoms with van der Waals surface area (Å²) in [4.78, 5) is 5.81. The van der Waals surface area contributed by atoms with Crippen molar-refractivity contribution in [1.29, 1.82) is 0 Å². The van der Waals surface area contributed by atoms with Gasteiger partial charge in [0.2, 0.25) is 0 Å². The lowest BCUT2D eigenvalue weighted by Gasteiger charge is -2.02. The summed E-state index contributed by atoms with van der Waals surface area (Å²) in [5.74, 6) is -0.218. The lowest BCUT2D eigenvalue weighted by molar-refractivity contribution is 0.628. The molecule has 1 unspecified atom stereocenters. The Hall–Kier alpha value is -1.26. The Morgan fingerprint density at radius 1 is 1.33 bits per heavy atom. The lowest BCUT2D eigenvalue weighted by atomic mass is 10.1. The number of aryl methyl sites for hydroxylation is 2. The van der Waals surface area contributed by atoms with Crippen LogP contribution < -0.4 is 5.73 Å². The summed E-state index contributed by atoms with van der Waals surface area (Å²) in [6, 6.07) is 6.67. The predicted octanol–water partition coefficient (Wildman–Crippen LogP) is 3.54. The Labute approximate surface area is 111 Å². The number of thiazole rings is 1. The minimum Gasteiger partial charge on any atom is -0.328 e. The first-order valence-corrected chi connectivity index (χ1v) is 6.85. The van der Waals surface area contributed by atoms with Gasteiger partial charge in [0, 0.05) is 16.5 Å². The molecule has 1 aromatic heterocycles. The normalized spacial score (nSPS) is 12.7. The minimum atomic E-state index is -0.218. The molecule has 0 spiro atoms. The zero-order valence-electron chi connectivity index (χ0n) is 10.6. The quantitative estimate of drug-likeness (QED) is 0.917. The maximum Gasteiger partial charge on any atom is 0.123 e. The van der Waals surface area contributed by atoms with Crippen LogP contribution in [0.15, 0.2) is 24.3 Å². The summed E-state index contributed by atoms with van der Waals surface area (Å²) >= 11 is 1.67. The highest BCUT2D eigenvalue weighted by Gasteiger charge is 2.10. The van der Waals surface area contributed by atoms with Crippen molar-refractivity contribution in [3.05, 3.63) is 40.7 Å². The second-order valence-corrected chi connectivity index (χ2v) is 5.63. The van der Waals surface area contributed by atoms with Crippen LogP contribution in [0, 0.1) is 12.7 Å². The predicted molar refractivity (Wildman–Crippen MR) is 74.2 cm³/mol. The molecule has 0 radical (unpaired) electrons. The van der Waals surface area contributed by atoms with E-state index in [1.54, 1.807) is 23.5 Å². The molecule has 2 nitrogen and oxygen atoms in total. The molecule has 0 saturated heterocycles. The molecule has 0 aliphatic carbocycles. The molecule has 2 aromatic rings. The molecule has 0 fully saturated rings. The van der Waals surface area contributed by atoms with E-state index in [0.717, 1.165) is 29.1 Å². The Morgan fingerprint density at radius 3 is 2.61 bits per heavy atom. The standard InChI is InChI=1S/C14H17FN2S/c1-9(16)3-8-13-10(2)17-14(18-13)11-4-6-12(15)7-5-11/h4-7,9H,3,8,16H2,1-2H3.